The topological polar surface area (TPSA) is 50.7 Å². The van der Waals surface area contributed by atoms with Crippen molar-refractivity contribution >= 4 is 0 Å². The highest BCUT2D eigenvalue weighted by Gasteiger charge is 2.19. The summed E-state index contributed by atoms with van der Waals surface area (Å²) in [5, 5.41) is 12.7. The molecule has 1 aromatic carbocycles. The first-order valence-electron chi connectivity index (χ1n) is 6.17. The van der Waals surface area contributed by atoms with Crippen LogP contribution in [0.5, 0.6) is 0 Å². The van der Waals surface area contributed by atoms with Gasteiger partial charge in [-0.05, 0) is 18.9 Å². The van der Waals surface area contributed by atoms with Crippen molar-refractivity contribution in [2.24, 2.45) is 0 Å². The van der Waals surface area contributed by atoms with Gasteiger partial charge in [-0.25, -0.2) is 0 Å². The van der Waals surface area contributed by atoms with Crippen LogP contribution in [0.15, 0.2) is 30.3 Å². The molecule has 4 heteroatoms. The number of hydrogen-bond donors (Lipinski definition) is 2. The molecule has 0 aromatic heterocycles. The Bertz CT molecular complexity index is 314. The average molecular weight is 253 g/mol. The molecule has 18 heavy (non-hydrogen) atoms. The fraction of sp³-hybridized carbons (Fsp3) is 0.571. The van der Waals surface area contributed by atoms with E-state index < -0.39 is 0 Å². The lowest BCUT2D eigenvalue weighted by Crippen LogP contribution is -2.47. The SMILES string of the molecule is COC(OC)C(C)N[C@H](CO)Cc1ccccc1. The van der Waals surface area contributed by atoms with E-state index in [1.807, 2.05) is 25.1 Å². The molecule has 102 valence electrons. The standard InChI is InChI=1S/C14H23NO3/c1-11(14(17-2)18-3)15-13(10-16)9-12-7-5-4-6-8-12/h4-8,11,13-16H,9-10H2,1-3H3/t11?,13-/m0/s1. The molecule has 1 unspecified atom stereocenters. The summed E-state index contributed by atoms with van der Waals surface area (Å²) in [6, 6.07) is 10.1. The monoisotopic (exact) mass is 253 g/mol. The molecule has 0 aliphatic carbocycles. The van der Waals surface area contributed by atoms with E-state index in [4.69, 9.17) is 9.47 Å². The van der Waals surface area contributed by atoms with Crippen LogP contribution in [0.1, 0.15) is 12.5 Å². The lowest BCUT2D eigenvalue weighted by molar-refractivity contribution is -0.121. The second-order valence-electron chi connectivity index (χ2n) is 4.36. The highest BCUT2D eigenvalue weighted by atomic mass is 16.7. The third-order valence-corrected chi connectivity index (χ3v) is 2.92. The smallest absolute Gasteiger partial charge is 0.171 e. The van der Waals surface area contributed by atoms with Gasteiger partial charge in [-0.1, -0.05) is 30.3 Å². The fourth-order valence-corrected chi connectivity index (χ4v) is 2.03. The molecule has 4 nitrogen and oxygen atoms in total. The molecule has 0 bridgehead atoms. The van der Waals surface area contributed by atoms with E-state index in [1.54, 1.807) is 14.2 Å². The van der Waals surface area contributed by atoms with E-state index in [2.05, 4.69) is 17.4 Å². The van der Waals surface area contributed by atoms with Crippen molar-refractivity contribution in [2.45, 2.75) is 31.7 Å². The number of hydrogen-bond acceptors (Lipinski definition) is 4. The van der Waals surface area contributed by atoms with Gasteiger partial charge in [-0.2, -0.15) is 0 Å². The average Bonchev–Trinajstić information content (AvgIpc) is 2.40. The Morgan fingerprint density at radius 3 is 2.28 bits per heavy atom. The van der Waals surface area contributed by atoms with Gasteiger partial charge in [-0.3, -0.25) is 0 Å². The zero-order valence-electron chi connectivity index (χ0n) is 11.3. The molecule has 0 saturated carbocycles. The van der Waals surface area contributed by atoms with Crippen LogP contribution >= 0.6 is 0 Å². The maximum atomic E-state index is 9.42. The zero-order valence-corrected chi connectivity index (χ0v) is 11.3. The van der Waals surface area contributed by atoms with Gasteiger partial charge in [-0.15, -0.1) is 0 Å². The Morgan fingerprint density at radius 1 is 1.17 bits per heavy atom. The summed E-state index contributed by atoms with van der Waals surface area (Å²) in [6.07, 6.45) is 0.469. The van der Waals surface area contributed by atoms with Crippen molar-refractivity contribution < 1.29 is 14.6 Å². The third kappa shape index (κ3) is 4.74. The molecule has 0 radical (unpaired) electrons. The highest BCUT2D eigenvalue weighted by molar-refractivity contribution is 5.15. The van der Waals surface area contributed by atoms with Crippen molar-refractivity contribution in [1.82, 2.24) is 5.32 Å². The van der Waals surface area contributed by atoms with Gasteiger partial charge in [0.1, 0.15) is 0 Å². The molecule has 0 saturated heterocycles. The van der Waals surface area contributed by atoms with Crippen LogP contribution in [0.4, 0.5) is 0 Å². The molecule has 0 fully saturated rings. The number of ether oxygens (including phenoxy) is 2. The second kappa shape index (κ2) is 8.21. The third-order valence-electron chi connectivity index (χ3n) is 2.92. The number of rotatable bonds is 8. The molecule has 0 aliphatic rings. The predicted molar refractivity (Wildman–Crippen MR) is 71.4 cm³/mol. The van der Waals surface area contributed by atoms with Gasteiger partial charge in [0.2, 0.25) is 0 Å². The van der Waals surface area contributed by atoms with Crippen molar-refractivity contribution in [1.29, 1.82) is 0 Å². The quantitative estimate of drug-likeness (QED) is 0.683. The Morgan fingerprint density at radius 2 is 1.78 bits per heavy atom. The van der Waals surface area contributed by atoms with Crippen LogP contribution in [0.25, 0.3) is 0 Å². The van der Waals surface area contributed by atoms with E-state index in [0.29, 0.717) is 0 Å². The summed E-state index contributed by atoms with van der Waals surface area (Å²) in [4.78, 5) is 0. The van der Waals surface area contributed by atoms with Gasteiger partial charge >= 0.3 is 0 Å². The first-order chi connectivity index (χ1) is 8.71. The highest BCUT2D eigenvalue weighted by Crippen LogP contribution is 2.06. The number of nitrogens with one attached hydrogen (secondary N) is 1. The van der Waals surface area contributed by atoms with Crippen molar-refractivity contribution in [3.05, 3.63) is 35.9 Å². The number of aliphatic hydroxyl groups is 1. The second-order valence-corrected chi connectivity index (χ2v) is 4.36. The minimum absolute atomic E-state index is 0.00444. The Hall–Kier alpha value is -0.940. The summed E-state index contributed by atoms with van der Waals surface area (Å²) in [6.45, 7) is 2.06. The molecule has 0 amide bonds. The molecule has 1 rings (SSSR count). The van der Waals surface area contributed by atoms with Crippen LogP contribution in [0, 0.1) is 0 Å². The van der Waals surface area contributed by atoms with E-state index in [0.717, 1.165) is 6.42 Å². The first kappa shape index (κ1) is 15.1. The Kier molecular flexibility index (Phi) is 6.90. The van der Waals surface area contributed by atoms with Gasteiger partial charge < -0.3 is 19.9 Å². The van der Waals surface area contributed by atoms with Crippen molar-refractivity contribution in [2.75, 3.05) is 20.8 Å². The van der Waals surface area contributed by atoms with Gasteiger partial charge in [0, 0.05) is 20.3 Å². The van der Waals surface area contributed by atoms with Gasteiger partial charge in [0.05, 0.1) is 12.6 Å². The predicted octanol–water partition coefficient (Wildman–Crippen LogP) is 1.19. The van der Waals surface area contributed by atoms with Gasteiger partial charge in [0.25, 0.3) is 0 Å². The van der Waals surface area contributed by atoms with E-state index in [9.17, 15) is 5.11 Å². The summed E-state index contributed by atoms with van der Waals surface area (Å²) >= 11 is 0. The van der Waals surface area contributed by atoms with Crippen molar-refractivity contribution in [3.63, 3.8) is 0 Å². The largest absolute Gasteiger partial charge is 0.395 e. The van der Waals surface area contributed by atoms with E-state index in [-0.39, 0.29) is 25.0 Å². The lowest BCUT2D eigenvalue weighted by Gasteiger charge is -2.26. The Balaban J connectivity index is 2.51. The molecule has 0 heterocycles. The molecule has 2 atom stereocenters. The van der Waals surface area contributed by atoms with Crippen LogP contribution in [0.2, 0.25) is 0 Å². The van der Waals surface area contributed by atoms with Crippen LogP contribution < -0.4 is 5.32 Å². The summed E-state index contributed by atoms with van der Waals surface area (Å²) < 4.78 is 10.4. The van der Waals surface area contributed by atoms with E-state index in [1.165, 1.54) is 5.56 Å². The van der Waals surface area contributed by atoms with Gasteiger partial charge in [0.15, 0.2) is 6.29 Å². The molecular formula is C14H23NO3. The summed E-state index contributed by atoms with van der Waals surface area (Å²) in [5.74, 6) is 0. The normalized spacial score (nSPS) is 14.7. The van der Waals surface area contributed by atoms with Crippen LogP contribution in [-0.2, 0) is 15.9 Å². The molecule has 1 aromatic rings. The minimum atomic E-state index is -0.310. The molecular weight excluding hydrogens is 230 g/mol. The number of methoxy groups -OCH3 is 2. The van der Waals surface area contributed by atoms with Crippen molar-refractivity contribution in [3.8, 4) is 0 Å². The molecule has 0 spiro atoms. The van der Waals surface area contributed by atoms with Crippen LogP contribution in [-0.4, -0.2) is 44.3 Å². The lowest BCUT2D eigenvalue weighted by atomic mass is 10.1. The summed E-state index contributed by atoms with van der Waals surface area (Å²) in [5.41, 5.74) is 1.20. The maximum absolute atomic E-state index is 9.42. The van der Waals surface area contributed by atoms with E-state index >= 15 is 0 Å². The number of benzene rings is 1. The molecule has 0 aliphatic heterocycles. The summed E-state index contributed by atoms with van der Waals surface area (Å²) in [7, 11) is 3.22. The number of aliphatic hydroxyl groups excluding tert-OH is 1. The Labute approximate surface area is 109 Å². The fourth-order valence-electron chi connectivity index (χ4n) is 2.03. The minimum Gasteiger partial charge on any atom is -0.395 e. The van der Waals surface area contributed by atoms with Crippen LogP contribution in [0.3, 0.4) is 0 Å². The maximum Gasteiger partial charge on any atom is 0.171 e. The first-order valence-corrected chi connectivity index (χ1v) is 6.17. The molecule has 2 N–H and O–H groups in total. The zero-order chi connectivity index (χ0) is 13.4.